The zero-order valence-corrected chi connectivity index (χ0v) is 23.7. The van der Waals surface area contributed by atoms with Crippen LogP contribution < -0.4 is 10.1 Å². The SMILES string of the molecule is O=C(Nc1ccccc1F)c1csc(CN(Cc2ccc(OCc3ccccc3)cc2)Cc2cccc(C(F)(F)F)c2)n1. The first kappa shape index (κ1) is 29.9. The number of rotatable bonds is 11. The van der Waals surface area contributed by atoms with E-state index in [0.29, 0.717) is 29.5 Å². The Morgan fingerprint density at radius 1 is 0.814 bits per heavy atom. The van der Waals surface area contributed by atoms with E-state index in [-0.39, 0.29) is 24.5 Å². The van der Waals surface area contributed by atoms with Crippen LogP contribution in [0.15, 0.2) is 109 Å². The van der Waals surface area contributed by atoms with Crippen LogP contribution in [0.3, 0.4) is 0 Å². The van der Waals surface area contributed by atoms with Crippen LogP contribution in [0.2, 0.25) is 0 Å². The summed E-state index contributed by atoms with van der Waals surface area (Å²) < 4.78 is 60.0. The summed E-state index contributed by atoms with van der Waals surface area (Å²) in [5.41, 5.74) is 1.92. The molecular formula is C33H27F4N3O2S. The molecule has 0 fully saturated rings. The number of para-hydroxylation sites is 1. The highest BCUT2D eigenvalue weighted by molar-refractivity contribution is 7.09. The van der Waals surface area contributed by atoms with Gasteiger partial charge in [0.2, 0.25) is 0 Å². The summed E-state index contributed by atoms with van der Waals surface area (Å²) in [7, 11) is 0. The van der Waals surface area contributed by atoms with Crippen LogP contribution in [0.1, 0.15) is 37.7 Å². The number of hydrogen-bond donors (Lipinski definition) is 1. The molecule has 5 aromatic rings. The van der Waals surface area contributed by atoms with Crippen molar-refractivity contribution >= 4 is 22.9 Å². The van der Waals surface area contributed by atoms with Gasteiger partial charge in [0.1, 0.15) is 28.9 Å². The van der Waals surface area contributed by atoms with Crippen LogP contribution in [0.4, 0.5) is 23.2 Å². The number of nitrogens with zero attached hydrogens (tertiary/aromatic N) is 2. The summed E-state index contributed by atoms with van der Waals surface area (Å²) in [5.74, 6) is -0.416. The summed E-state index contributed by atoms with van der Waals surface area (Å²) in [6, 6.07) is 28.4. The molecule has 0 saturated carbocycles. The van der Waals surface area contributed by atoms with Gasteiger partial charge >= 0.3 is 6.18 Å². The number of alkyl halides is 3. The fourth-order valence-electron chi connectivity index (χ4n) is 4.39. The van der Waals surface area contributed by atoms with Crippen LogP contribution in [-0.4, -0.2) is 15.8 Å². The van der Waals surface area contributed by atoms with E-state index in [4.69, 9.17) is 4.74 Å². The Bertz CT molecular complexity index is 1660. The monoisotopic (exact) mass is 605 g/mol. The minimum atomic E-state index is -4.45. The molecule has 0 aliphatic heterocycles. The molecule has 0 aliphatic carbocycles. The van der Waals surface area contributed by atoms with Gasteiger partial charge in [0, 0.05) is 18.5 Å². The minimum absolute atomic E-state index is 0.0458. The predicted octanol–water partition coefficient (Wildman–Crippen LogP) is 8.33. The van der Waals surface area contributed by atoms with E-state index in [1.165, 1.54) is 35.6 Å². The first-order chi connectivity index (χ1) is 20.7. The fraction of sp³-hybridized carbons (Fsp3) is 0.152. The first-order valence-corrected chi connectivity index (χ1v) is 14.3. The number of nitrogens with one attached hydrogen (secondary N) is 1. The second-order valence-electron chi connectivity index (χ2n) is 9.82. The van der Waals surface area contributed by atoms with Crippen LogP contribution in [0.25, 0.3) is 0 Å². The van der Waals surface area contributed by atoms with Crippen LogP contribution in [-0.2, 0) is 32.4 Å². The van der Waals surface area contributed by atoms with Crippen molar-refractivity contribution in [3.05, 3.63) is 147 Å². The second kappa shape index (κ2) is 13.6. The van der Waals surface area contributed by atoms with E-state index in [2.05, 4.69) is 10.3 Å². The molecule has 10 heteroatoms. The Morgan fingerprint density at radius 3 is 2.26 bits per heavy atom. The van der Waals surface area contributed by atoms with E-state index < -0.39 is 23.5 Å². The molecule has 0 unspecified atom stereocenters. The highest BCUT2D eigenvalue weighted by Gasteiger charge is 2.30. The Kier molecular flexibility index (Phi) is 9.48. The summed E-state index contributed by atoms with van der Waals surface area (Å²) in [5, 5.41) is 4.68. The van der Waals surface area contributed by atoms with Gasteiger partial charge in [-0.25, -0.2) is 9.37 Å². The second-order valence-corrected chi connectivity index (χ2v) is 10.8. The van der Waals surface area contributed by atoms with Gasteiger partial charge in [0.15, 0.2) is 0 Å². The number of carbonyl (C=O) groups is 1. The lowest BCUT2D eigenvalue weighted by atomic mass is 10.1. The zero-order chi connectivity index (χ0) is 30.2. The maximum absolute atomic E-state index is 14.0. The van der Waals surface area contributed by atoms with Crippen LogP contribution in [0.5, 0.6) is 5.75 Å². The Hall–Kier alpha value is -4.54. The Morgan fingerprint density at radius 2 is 1.51 bits per heavy atom. The van der Waals surface area contributed by atoms with E-state index in [0.717, 1.165) is 23.3 Å². The number of aromatic nitrogens is 1. The largest absolute Gasteiger partial charge is 0.489 e. The van der Waals surface area contributed by atoms with Gasteiger partial charge in [-0.2, -0.15) is 13.2 Å². The van der Waals surface area contributed by atoms with Crippen LogP contribution >= 0.6 is 11.3 Å². The molecule has 0 spiro atoms. The standard InChI is InChI=1S/C33H27F4N3O2S/c34-28-11-4-5-12-29(28)39-32(41)30-22-43-31(38-30)20-40(19-25-9-6-10-26(17-25)33(35,36)37)18-23-13-15-27(16-14-23)42-21-24-7-2-1-3-8-24/h1-17,22H,18-21H2,(H,39,41). The molecular weight excluding hydrogens is 578 g/mol. The molecule has 0 aliphatic rings. The molecule has 0 bridgehead atoms. The van der Waals surface area contributed by atoms with Crippen molar-refractivity contribution < 1.29 is 27.1 Å². The number of benzene rings is 4. The number of thiazole rings is 1. The first-order valence-electron chi connectivity index (χ1n) is 13.4. The third kappa shape index (κ3) is 8.50. The van der Waals surface area contributed by atoms with Crippen LogP contribution in [0, 0.1) is 5.82 Å². The van der Waals surface area contributed by atoms with Crippen molar-refractivity contribution in [2.75, 3.05) is 5.32 Å². The van der Waals surface area contributed by atoms with Gasteiger partial charge in [0.25, 0.3) is 5.91 Å². The van der Waals surface area contributed by atoms with Crippen molar-refractivity contribution in [3.63, 3.8) is 0 Å². The number of amides is 1. The fourth-order valence-corrected chi connectivity index (χ4v) is 5.21. The topological polar surface area (TPSA) is 54.5 Å². The lowest BCUT2D eigenvalue weighted by molar-refractivity contribution is -0.137. The molecule has 1 heterocycles. The highest BCUT2D eigenvalue weighted by Crippen LogP contribution is 2.30. The Balaban J connectivity index is 1.30. The van der Waals surface area contributed by atoms with Gasteiger partial charge in [-0.3, -0.25) is 9.69 Å². The average molecular weight is 606 g/mol. The summed E-state index contributed by atoms with van der Waals surface area (Å²) in [6.07, 6.45) is -4.45. The third-order valence-corrected chi connectivity index (χ3v) is 7.34. The quantitative estimate of drug-likeness (QED) is 0.154. The van der Waals surface area contributed by atoms with Gasteiger partial charge in [-0.05, 0) is 47.0 Å². The van der Waals surface area contributed by atoms with E-state index >= 15 is 0 Å². The molecule has 1 N–H and O–H groups in total. The molecule has 4 aromatic carbocycles. The van der Waals surface area contributed by atoms with Crippen molar-refractivity contribution in [1.29, 1.82) is 0 Å². The molecule has 0 radical (unpaired) electrons. The molecule has 0 saturated heterocycles. The maximum Gasteiger partial charge on any atom is 0.416 e. The van der Waals surface area contributed by atoms with Gasteiger partial charge in [0.05, 0.1) is 17.8 Å². The summed E-state index contributed by atoms with van der Waals surface area (Å²) in [4.78, 5) is 19.1. The number of hydrogen-bond acceptors (Lipinski definition) is 5. The average Bonchev–Trinajstić information content (AvgIpc) is 3.47. The van der Waals surface area contributed by atoms with E-state index in [9.17, 15) is 22.4 Å². The van der Waals surface area contributed by atoms with E-state index in [1.807, 2.05) is 59.5 Å². The van der Waals surface area contributed by atoms with Crippen molar-refractivity contribution in [2.24, 2.45) is 0 Å². The normalized spacial score (nSPS) is 11.5. The molecule has 1 amide bonds. The van der Waals surface area contributed by atoms with E-state index in [1.54, 1.807) is 17.5 Å². The zero-order valence-electron chi connectivity index (χ0n) is 22.9. The van der Waals surface area contributed by atoms with Gasteiger partial charge in [-0.1, -0.05) is 72.8 Å². The molecule has 5 rings (SSSR count). The number of anilines is 1. The van der Waals surface area contributed by atoms with Crippen molar-refractivity contribution in [3.8, 4) is 5.75 Å². The number of carbonyl (C=O) groups excluding carboxylic acids is 1. The van der Waals surface area contributed by atoms with Gasteiger partial charge in [-0.15, -0.1) is 11.3 Å². The lowest BCUT2D eigenvalue weighted by Crippen LogP contribution is -2.23. The lowest BCUT2D eigenvalue weighted by Gasteiger charge is -2.22. The molecule has 0 atom stereocenters. The molecule has 43 heavy (non-hydrogen) atoms. The minimum Gasteiger partial charge on any atom is -0.489 e. The number of ether oxygens (including phenoxy) is 1. The smallest absolute Gasteiger partial charge is 0.416 e. The summed E-state index contributed by atoms with van der Waals surface area (Å²) in [6.45, 7) is 1.33. The molecule has 220 valence electrons. The van der Waals surface area contributed by atoms with Crippen molar-refractivity contribution in [2.45, 2.75) is 32.4 Å². The predicted molar refractivity (Wildman–Crippen MR) is 158 cm³/mol. The van der Waals surface area contributed by atoms with Gasteiger partial charge < -0.3 is 10.1 Å². The molecule has 5 nitrogen and oxygen atoms in total. The molecule has 1 aromatic heterocycles. The summed E-state index contributed by atoms with van der Waals surface area (Å²) >= 11 is 1.25. The highest BCUT2D eigenvalue weighted by atomic mass is 32.1. The number of halogens is 4. The maximum atomic E-state index is 14.0. The third-order valence-electron chi connectivity index (χ3n) is 6.50. The van der Waals surface area contributed by atoms with Crippen molar-refractivity contribution in [1.82, 2.24) is 9.88 Å². The Labute approximate surface area is 250 Å².